The Morgan fingerprint density at radius 3 is 2.57 bits per heavy atom. The minimum Gasteiger partial charge on any atom is -0.355 e. The summed E-state index contributed by atoms with van der Waals surface area (Å²) in [5.41, 5.74) is 0.530. The molecule has 1 aliphatic heterocycles. The van der Waals surface area contributed by atoms with E-state index >= 15 is 0 Å². The fraction of sp³-hybridized carbons (Fsp3) is 0.867. The van der Waals surface area contributed by atoms with Crippen LogP contribution in [0.2, 0.25) is 0 Å². The Kier molecular flexibility index (Phi) is 7.76. The zero-order valence-electron chi connectivity index (χ0n) is 13.3. The Hall–Kier alpha value is -0.530. The van der Waals surface area contributed by atoms with E-state index in [4.69, 9.17) is 0 Å². The van der Waals surface area contributed by atoms with Crippen molar-refractivity contribution >= 4 is 35.8 Å². The molecule has 5 nitrogen and oxygen atoms in total. The average Bonchev–Trinajstić information content (AvgIpc) is 3.08. The molecule has 6 heteroatoms. The summed E-state index contributed by atoms with van der Waals surface area (Å²) in [5, 5.41) is 6.07. The number of carbonyl (C=O) groups is 1. The zero-order valence-corrected chi connectivity index (χ0v) is 15.6. The molecule has 2 aliphatic rings. The van der Waals surface area contributed by atoms with Crippen LogP contribution >= 0.6 is 24.0 Å². The summed E-state index contributed by atoms with van der Waals surface area (Å²) in [6, 6.07) is 0. The summed E-state index contributed by atoms with van der Waals surface area (Å²) in [4.78, 5) is 18.3. The highest BCUT2D eigenvalue weighted by Gasteiger charge is 2.41. The Morgan fingerprint density at radius 2 is 1.95 bits per heavy atom. The van der Waals surface area contributed by atoms with Gasteiger partial charge in [-0.05, 0) is 31.1 Å². The van der Waals surface area contributed by atoms with E-state index in [-0.39, 0.29) is 29.9 Å². The van der Waals surface area contributed by atoms with Gasteiger partial charge in [0.1, 0.15) is 0 Å². The lowest BCUT2D eigenvalue weighted by molar-refractivity contribution is -0.120. The maximum Gasteiger partial charge on any atom is 0.239 e. The number of carbonyl (C=O) groups excluding carboxylic acids is 1. The van der Waals surface area contributed by atoms with Gasteiger partial charge in [-0.3, -0.25) is 9.79 Å². The maximum absolute atomic E-state index is 11.6. The Balaban J connectivity index is 0.00000220. The van der Waals surface area contributed by atoms with Crippen LogP contribution in [0, 0.1) is 5.41 Å². The maximum atomic E-state index is 11.6. The molecule has 0 bridgehead atoms. The highest BCUT2D eigenvalue weighted by molar-refractivity contribution is 14.0. The average molecular weight is 408 g/mol. The van der Waals surface area contributed by atoms with Crippen molar-refractivity contribution in [3.05, 3.63) is 0 Å². The van der Waals surface area contributed by atoms with E-state index in [1.165, 1.54) is 32.1 Å². The van der Waals surface area contributed by atoms with E-state index in [9.17, 15) is 4.79 Å². The van der Waals surface area contributed by atoms with Gasteiger partial charge in [-0.15, -0.1) is 24.0 Å². The molecule has 0 aromatic rings. The highest BCUT2D eigenvalue weighted by Crippen LogP contribution is 2.45. The van der Waals surface area contributed by atoms with Crippen LogP contribution in [0.3, 0.4) is 0 Å². The van der Waals surface area contributed by atoms with Gasteiger partial charge in [0.25, 0.3) is 0 Å². The lowest BCUT2D eigenvalue weighted by Gasteiger charge is -2.25. The molecule has 1 saturated heterocycles. The van der Waals surface area contributed by atoms with Crippen molar-refractivity contribution in [1.29, 1.82) is 0 Å². The number of halogens is 1. The third-order valence-electron chi connectivity index (χ3n) is 4.59. The van der Waals surface area contributed by atoms with E-state index in [0.717, 1.165) is 32.0 Å². The summed E-state index contributed by atoms with van der Waals surface area (Å²) < 4.78 is 0. The first-order valence-corrected chi connectivity index (χ1v) is 7.91. The van der Waals surface area contributed by atoms with E-state index in [2.05, 4.69) is 27.4 Å². The van der Waals surface area contributed by atoms with E-state index in [1.54, 1.807) is 7.05 Å². The van der Waals surface area contributed by atoms with Crippen LogP contribution in [0.15, 0.2) is 4.99 Å². The number of hydrogen-bond acceptors (Lipinski definition) is 2. The molecular formula is C15H29IN4O. The minimum atomic E-state index is 0. The standard InChI is InChI=1S/C15H28N4O.HI/c1-3-9-17-13(20)11-18-14(16-2)19-10-8-15(12-19)6-4-5-7-15;/h3-12H2,1-2H3,(H,16,18)(H,17,20);1H. The molecule has 0 atom stereocenters. The van der Waals surface area contributed by atoms with Gasteiger partial charge in [-0.25, -0.2) is 0 Å². The first-order valence-electron chi connectivity index (χ1n) is 7.91. The number of nitrogens with zero attached hydrogens (tertiary/aromatic N) is 2. The van der Waals surface area contributed by atoms with Crippen molar-refractivity contribution in [3.63, 3.8) is 0 Å². The number of hydrogen-bond donors (Lipinski definition) is 2. The van der Waals surface area contributed by atoms with Crippen molar-refractivity contribution in [2.45, 2.75) is 45.4 Å². The predicted octanol–water partition coefficient (Wildman–Crippen LogP) is 1.97. The van der Waals surface area contributed by atoms with Crippen molar-refractivity contribution in [1.82, 2.24) is 15.5 Å². The molecule has 21 heavy (non-hydrogen) atoms. The summed E-state index contributed by atoms with van der Waals surface area (Å²) in [7, 11) is 1.80. The molecule has 2 N–H and O–H groups in total. The first kappa shape index (κ1) is 18.5. The van der Waals surface area contributed by atoms with Crippen molar-refractivity contribution in [2.24, 2.45) is 10.4 Å². The number of nitrogens with one attached hydrogen (secondary N) is 2. The van der Waals surface area contributed by atoms with Crippen LogP contribution in [-0.4, -0.2) is 50.0 Å². The number of likely N-dealkylation sites (tertiary alicyclic amines) is 1. The first-order chi connectivity index (χ1) is 9.69. The highest BCUT2D eigenvalue weighted by atomic mass is 127. The predicted molar refractivity (Wildman–Crippen MR) is 97.2 cm³/mol. The molecule has 0 unspecified atom stereocenters. The molecule has 2 rings (SSSR count). The normalized spacial score (nSPS) is 20.5. The summed E-state index contributed by atoms with van der Waals surface area (Å²) >= 11 is 0. The Morgan fingerprint density at radius 1 is 1.24 bits per heavy atom. The lowest BCUT2D eigenvalue weighted by Crippen LogP contribution is -2.45. The van der Waals surface area contributed by atoms with E-state index < -0.39 is 0 Å². The fourth-order valence-electron chi connectivity index (χ4n) is 3.47. The second kappa shape index (κ2) is 8.80. The molecule has 1 aliphatic carbocycles. The minimum absolute atomic E-state index is 0. The van der Waals surface area contributed by atoms with E-state index in [1.807, 2.05) is 0 Å². The molecule has 1 amide bonds. The molecule has 0 aromatic carbocycles. The van der Waals surface area contributed by atoms with Gasteiger partial charge in [0, 0.05) is 26.7 Å². The molecule has 2 fully saturated rings. The number of amides is 1. The van der Waals surface area contributed by atoms with Gasteiger partial charge in [0.05, 0.1) is 6.54 Å². The third kappa shape index (κ3) is 5.00. The number of rotatable bonds is 4. The SMILES string of the molecule is CCCNC(=O)CNC(=NC)N1CCC2(CCCC2)C1.I. The van der Waals surface area contributed by atoms with Crippen molar-refractivity contribution in [3.8, 4) is 0 Å². The van der Waals surface area contributed by atoms with Crippen LogP contribution < -0.4 is 10.6 Å². The molecule has 1 spiro atoms. The van der Waals surface area contributed by atoms with Gasteiger partial charge in [-0.2, -0.15) is 0 Å². The third-order valence-corrected chi connectivity index (χ3v) is 4.59. The van der Waals surface area contributed by atoms with Crippen LogP contribution in [0.5, 0.6) is 0 Å². The van der Waals surface area contributed by atoms with Crippen LogP contribution in [0.4, 0.5) is 0 Å². The topological polar surface area (TPSA) is 56.7 Å². The molecule has 1 heterocycles. The quantitative estimate of drug-likeness (QED) is 0.425. The second-order valence-electron chi connectivity index (χ2n) is 6.13. The van der Waals surface area contributed by atoms with Gasteiger partial charge in [-0.1, -0.05) is 19.8 Å². The summed E-state index contributed by atoms with van der Waals surface area (Å²) in [6.07, 6.45) is 7.71. The monoisotopic (exact) mass is 408 g/mol. The fourth-order valence-corrected chi connectivity index (χ4v) is 3.47. The number of aliphatic imine (C=N–C) groups is 1. The van der Waals surface area contributed by atoms with Gasteiger partial charge in [0.15, 0.2) is 5.96 Å². The van der Waals surface area contributed by atoms with Crippen molar-refractivity contribution in [2.75, 3.05) is 33.2 Å². The molecule has 122 valence electrons. The van der Waals surface area contributed by atoms with Crippen molar-refractivity contribution < 1.29 is 4.79 Å². The van der Waals surface area contributed by atoms with Crippen LogP contribution in [-0.2, 0) is 4.79 Å². The van der Waals surface area contributed by atoms with Crippen LogP contribution in [0.25, 0.3) is 0 Å². The zero-order chi connectivity index (χ0) is 14.4. The number of guanidine groups is 1. The molecular weight excluding hydrogens is 379 g/mol. The summed E-state index contributed by atoms with van der Waals surface area (Å²) in [6.45, 7) is 5.28. The second-order valence-corrected chi connectivity index (χ2v) is 6.13. The van der Waals surface area contributed by atoms with Gasteiger partial charge < -0.3 is 15.5 Å². The Labute approximate surface area is 145 Å². The molecule has 1 saturated carbocycles. The Bertz CT molecular complexity index is 367. The van der Waals surface area contributed by atoms with E-state index in [0.29, 0.717) is 12.0 Å². The smallest absolute Gasteiger partial charge is 0.239 e. The molecule has 0 aromatic heterocycles. The molecule has 0 radical (unpaired) electrons. The summed E-state index contributed by atoms with van der Waals surface area (Å²) in [5.74, 6) is 0.920. The lowest BCUT2D eigenvalue weighted by atomic mass is 9.86. The van der Waals surface area contributed by atoms with Gasteiger partial charge in [0.2, 0.25) is 5.91 Å². The van der Waals surface area contributed by atoms with Gasteiger partial charge >= 0.3 is 0 Å². The largest absolute Gasteiger partial charge is 0.355 e. The van der Waals surface area contributed by atoms with Crippen LogP contribution in [0.1, 0.15) is 45.4 Å².